The largest absolute Gasteiger partial charge is 0.359 e. The van der Waals surface area contributed by atoms with Gasteiger partial charge in [0, 0.05) is 55.8 Å². The minimum absolute atomic E-state index is 0.0825. The van der Waals surface area contributed by atoms with Crippen molar-refractivity contribution in [2.24, 2.45) is 0 Å². The van der Waals surface area contributed by atoms with Gasteiger partial charge in [-0.05, 0) is 37.3 Å². The van der Waals surface area contributed by atoms with E-state index in [1.165, 1.54) is 0 Å². The van der Waals surface area contributed by atoms with E-state index in [9.17, 15) is 4.79 Å². The second-order valence-electron chi connectivity index (χ2n) is 6.53. The van der Waals surface area contributed by atoms with Crippen molar-refractivity contribution in [3.8, 4) is 0 Å². The van der Waals surface area contributed by atoms with Crippen LogP contribution in [0.1, 0.15) is 27.2 Å². The highest BCUT2D eigenvalue weighted by atomic mass is 16.1. The van der Waals surface area contributed by atoms with Crippen molar-refractivity contribution in [3.63, 3.8) is 0 Å². The Labute approximate surface area is 160 Å². The number of aryl methyl sites for hydroxylation is 1. The molecule has 1 amide bonds. The average Bonchev–Trinajstić information content (AvgIpc) is 2.71. The van der Waals surface area contributed by atoms with Gasteiger partial charge < -0.3 is 10.2 Å². The highest BCUT2D eigenvalue weighted by Crippen LogP contribution is 2.16. The molecule has 0 saturated carbocycles. The van der Waals surface area contributed by atoms with Crippen molar-refractivity contribution in [2.45, 2.75) is 19.9 Å². The molecule has 0 saturated heterocycles. The van der Waals surface area contributed by atoms with Crippen LogP contribution in [-0.4, -0.2) is 29.5 Å². The minimum atomic E-state index is -0.0825. The second kappa shape index (κ2) is 8.94. The van der Waals surface area contributed by atoms with Crippen LogP contribution in [0.5, 0.6) is 0 Å². The summed E-state index contributed by atoms with van der Waals surface area (Å²) in [6.45, 7) is 3.24. The van der Waals surface area contributed by atoms with Crippen LogP contribution in [0.2, 0.25) is 0 Å². The van der Waals surface area contributed by atoms with E-state index in [0.29, 0.717) is 12.1 Å². The van der Waals surface area contributed by atoms with Crippen LogP contribution in [0.25, 0.3) is 0 Å². The number of carbonyl (C=O) groups excluding carboxylic acids is 1. The van der Waals surface area contributed by atoms with Gasteiger partial charge in [0.15, 0.2) is 0 Å². The molecular weight excluding hydrogens is 336 g/mol. The number of pyridine rings is 2. The van der Waals surface area contributed by atoms with Gasteiger partial charge in [0.2, 0.25) is 0 Å². The molecule has 5 heteroatoms. The molecule has 0 atom stereocenters. The summed E-state index contributed by atoms with van der Waals surface area (Å²) in [5.74, 6) is 0.790. The lowest BCUT2D eigenvalue weighted by Crippen LogP contribution is -2.27. The minimum Gasteiger partial charge on any atom is -0.359 e. The lowest BCUT2D eigenvalue weighted by atomic mass is 10.1. The first-order valence-corrected chi connectivity index (χ1v) is 9.03. The number of nitrogens with one attached hydrogen (secondary N) is 1. The molecule has 1 N–H and O–H groups in total. The number of likely N-dealkylation sites (N-methyl/N-ethyl adjacent to an activating group) is 1. The van der Waals surface area contributed by atoms with Gasteiger partial charge in [0.1, 0.15) is 5.82 Å². The van der Waals surface area contributed by atoms with E-state index in [2.05, 4.69) is 20.2 Å². The van der Waals surface area contributed by atoms with Gasteiger partial charge in [-0.2, -0.15) is 0 Å². The molecule has 1 aromatic carbocycles. The van der Waals surface area contributed by atoms with Crippen molar-refractivity contribution in [2.75, 3.05) is 18.5 Å². The lowest BCUT2D eigenvalue weighted by molar-refractivity contribution is 0.0951. The Morgan fingerprint density at radius 3 is 2.52 bits per heavy atom. The zero-order valence-electron chi connectivity index (χ0n) is 15.7. The Balaban J connectivity index is 1.62. The number of carbonyl (C=O) groups is 1. The van der Waals surface area contributed by atoms with E-state index in [-0.39, 0.29) is 5.91 Å². The maximum Gasteiger partial charge on any atom is 0.251 e. The Bertz CT molecular complexity index is 878. The first kappa shape index (κ1) is 18.6. The van der Waals surface area contributed by atoms with E-state index in [4.69, 9.17) is 0 Å². The first-order valence-electron chi connectivity index (χ1n) is 9.03. The Kier molecular flexibility index (Phi) is 6.15. The summed E-state index contributed by atoms with van der Waals surface area (Å²) in [6, 6.07) is 17.4. The number of amides is 1. The average molecular weight is 360 g/mol. The molecule has 0 unspecified atom stereocenters. The van der Waals surface area contributed by atoms with Crippen molar-refractivity contribution in [1.29, 1.82) is 0 Å². The molecule has 0 fully saturated rings. The fraction of sp³-hybridized carbons (Fsp3) is 0.227. The predicted octanol–water partition coefficient (Wildman–Crippen LogP) is 3.39. The number of hydrogen-bond acceptors (Lipinski definition) is 4. The topological polar surface area (TPSA) is 58.1 Å². The van der Waals surface area contributed by atoms with Gasteiger partial charge in [0.25, 0.3) is 5.91 Å². The molecule has 0 bridgehead atoms. The third-order valence-corrected chi connectivity index (χ3v) is 4.41. The lowest BCUT2D eigenvalue weighted by Gasteiger charge is -2.21. The van der Waals surface area contributed by atoms with Crippen molar-refractivity contribution >= 4 is 11.7 Å². The maximum absolute atomic E-state index is 12.4. The summed E-state index contributed by atoms with van der Waals surface area (Å²) in [5.41, 5.74) is 3.83. The number of nitrogens with zero attached hydrogens (tertiary/aromatic N) is 3. The highest BCUT2D eigenvalue weighted by molar-refractivity contribution is 5.94. The summed E-state index contributed by atoms with van der Waals surface area (Å²) in [4.78, 5) is 23.3. The van der Waals surface area contributed by atoms with Gasteiger partial charge in [-0.15, -0.1) is 0 Å². The summed E-state index contributed by atoms with van der Waals surface area (Å²) in [6.07, 6.45) is 4.42. The number of aromatic nitrogens is 2. The zero-order chi connectivity index (χ0) is 19.1. The molecule has 2 heterocycles. The molecule has 138 valence electrons. The Hall–Kier alpha value is -3.21. The van der Waals surface area contributed by atoms with Gasteiger partial charge in [-0.3, -0.25) is 9.78 Å². The summed E-state index contributed by atoms with van der Waals surface area (Å²) in [5, 5.41) is 2.99. The second-order valence-corrected chi connectivity index (χ2v) is 6.53. The Morgan fingerprint density at radius 1 is 1.00 bits per heavy atom. The Morgan fingerprint density at radius 2 is 1.78 bits per heavy atom. The van der Waals surface area contributed by atoms with E-state index in [1.54, 1.807) is 6.20 Å². The van der Waals surface area contributed by atoms with E-state index < -0.39 is 0 Å². The van der Waals surface area contributed by atoms with Crippen LogP contribution in [0.15, 0.2) is 67.0 Å². The molecule has 0 aliphatic heterocycles. The van der Waals surface area contributed by atoms with Gasteiger partial charge in [-0.1, -0.05) is 29.8 Å². The van der Waals surface area contributed by atoms with E-state index >= 15 is 0 Å². The molecule has 3 aromatic rings. The molecule has 0 spiro atoms. The first-order chi connectivity index (χ1) is 13.1. The third kappa shape index (κ3) is 5.14. The van der Waals surface area contributed by atoms with Crippen LogP contribution < -0.4 is 10.2 Å². The molecule has 0 aliphatic carbocycles. The van der Waals surface area contributed by atoms with Gasteiger partial charge in [0.05, 0.1) is 0 Å². The number of hydrogen-bond donors (Lipinski definition) is 1. The van der Waals surface area contributed by atoms with Crippen LogP contribution in [0.3, 0.4) is 0 Å². The van der Waals surface area contributed by atoms with Crippen LogP contribution >= 0.6 is 0 Å². The third-order valence-electron chi connectivity index (χ3n) is 4.41. The normalized spacial score (nSPS) is 10.4. The van der Waals surface area contributed by atoms with Gasteiger partial charge in [-0.25, -0.2) is 4.98 Å². The number of benzene rings is 1. The molecule has 27 heavy (non-hydrogen) atoms. The summed E-state index contributed by atoms with van der Waals surface area (Å²) >= 11 is 0. The molecule has 0 aliphatic rings. The molecule has 3 rings (SSSR count). The van der Waals surface area contributed by atoms with Crippen molar-refractivity contribution < 1.29 is 4.79 Å². The number of anilines is 1. The van der Waals surface area contributed by atoms with Crippen LogP contribution in [-0.2, 0) is 13.0 Å². The predicted molar refractivity (Wildman–Crippen MR) is 108 cm³/mol. The summed E-state index contributed by atoms with van der Waals surface area (Å²) in [7, 11) is 2.01. The van der Waals surface area contributed by atoms with Gasteiger partial charge >= 0.3 is 0 Å². The molecular formula is C22H24N4O. The monoisotopic (exact) mass is 360 g/mol. The van der Waals surface area contributed by atoms with Crippen molar-refractivity contribution in [1.82, 2.24) is 15.3 Å². The summed E-state index contributed by atoms with van der Waals surface area (Å²) < 4.78 is 0. The highest BCUT2D eigenvalue weighted by Gasteiger charge is 2.11. The number of rotatable bonds is 7. The fourth-order valence-electron chi connectivity index (χ4n) is 2.83. The van der Waals surface area contributed by atoms with E-state index in [0.717, 1.165) is 35.6 Å². The van der Waals surface area contributed by atoms with Crippen molar-refractivity contribution in [3.05, 3.63) is 89.4 Å². The quantitative estimate of drug-likeness (QED) is 0.702. The fourth-order valence-corrected chi connectivity index (χ4v) is 2.83. The standard InChI is InChI=1S/C22H24N4O/c1-17-8-10-18(11-9-17)22(27)25-16-19-6-5-14-24-21(19)26(2)15-12-20-7-3-4-13-23-20/h3-11,13-14H,12,15-16H2,1-2H3,(H,25,27). The van der Waals surface area contributed by atoms with Crippen LogP contribution in [0.4, 0.5) is 5.82 Å². The van der Waals surface area contributed by atoms with Crippen LogP contribution in [0, 0.1) is 6.92 Å². The SMILES string of the molecule is Cc1ccc(C(=O)NCc2cccnc2N(C)CCc2ccccn2)cc1. The maximum atomic E-state index is 12.4. The van der Waals surface area contributed by atoms with E-state index in [1.807, 2.05) is 74.8 Å². The molecule has 2 aromatic heterocycles. The smallest absolute Gasteiger partial charge is 0.251 e. The molecule has 0 radical (unpaired) electrons. The zero-order valence-corrected chi connectivity index (χ0v) is 15.7. The molecule has 5 nitrogen and oxygen atoms in total.